The summed E-state index contributed by atoms with van der Waals surface area (Å²) in [6, 6.07) is 6.61. The molecule has 1 rings (SSSR count). The molecule has 3 N–H and O–H groups in total. The van der Waals surface area contributed by atoms with Crippen molar-refractivity contribution in [3.63, 3.8) is 0 Å². The van der Waals surface area contributed by atoms with E-state index < -0.39 is 17.4 Å². The lowest BCUT2D eigenvalue weighted by Gasteiger charge is -2.30. The van der Waals surface area contributed by atoms with E-state index in [-0.39, 0.29) is 6.61 Å². The summed E-state index contributed by atoms with van der Waals surface area (Å²) < 4.78 is 4.72. The summed E-state index contributed by atoms with van der Waals surface area (Å²) in [6.45, 7) is 3.65. The van der Waals surface area contributed by atoms with E-state index in [1.807, 2.05) is 19.9 Å². The fourth-order valence-electron chi connectivity index (χ4n) is 1.58. The van der Waals surface area contributed by atoms with Gasteiger partial charge in [0.2, 0.25) is 0 Å². The molecule has 0 aliphatic heterocycles. The molecule has 0 aliphatic rings. The van der Waals surface area contributed by atoms with E-state index in [0.717, 1.165) is 0 Å². The molecule has 17 heavy (non-hydrogen) atoms. The number of nitrogens with two attached hydrogens (primary N) is 1. The molecule has 4 nitrogen and oxygen atoms in total. The Bertz CT molecular complexity index is 401. The summed E-state index contributed by atoms with van der Waals surface area (Å²) in [5.41, 5.74) is 6.75. The minimum atomic E-state index is -0.496. The number of ether oxygens (including phenoxy) is 1. The van der Waals surface area contributed by atoms with Gasteiger partial charge in [-0.15, -0.1) is 0 Å². The molecule has 0 unspecified atom stereocenters. The predicted octanol–water partition coefficient (Wildman–Crippen LogP) is 1.49. The zero-order valence-corrected chi connectivity index (χ0v) is 10.4. The Hall–Kier alpha value is -1.39. The number of carbonyl (C=O) groups is 1. The first-order chi connectivity index (χ1) is 7.94. The number of carbonyl (C=O) groups excluding carboxylic acids is 1. The first kappa shape index (κ1) is 13.7. The molecular weight excluding hydrogens is 218 g/mol. The minimum absolute atomic E-state index is 0.0519. The molecule has 0 bridgehead atoms. The summed E-state index contributed by atoms with van der Waals surface area (Å²) in [7, 11) is 1.34. The highest BCUT2D eigenvalue weighted by molar-refractivity contribution is 5.91. The van der Waals surface area contributed by atoms with Crippen molar-refractivity contribution in [2.75, 3.05) is 13.7 Å². The van der Waals surface area contributed by atoms with Gasteiger partial charge in [0, 0.05) is 18.1 Å². The number of rotatable bonds is 4. The van der Waals surface area contributed by atoms with Crippen LogP contribution >= 0.6 is 0 Å². The Morgan fingerprint density at radius 1 is 1.47 bits per heavy atom. The molecule has 4 heteroatoms. The van der Waals surface area contributed by atoms with Gasteiger partial charge in [0.25, 0.3) is 0 Å². The number of benzene rings is 1. The van der Waals surface area contributed by atoms with Crippen molar-refractivity contribution in [1.82, 2.24) is 0 Å². The fraction of sp³-hybridized carbons (Fsp3) is 0.462. The Labute approximate surface area is 101 Å². The van der Waals surface area contributed by atoms with Crippen LogP contribution in [0.3, 0.4) is 0 Å². The van der Waals surface area contributed by atoms with Gasteiger partial charge in [-0.1, -0.05) is 32.0 Å². The number of methoxy groups -OCH3 is 1. The van der Waals surface area contributed by atoms with E-state index in [4.69, 9.17) is 10.5 Å². The van der Waals surface area contributed by atoms with E-state index in [1.165, 1.54) is 7.11 Å². The smallest absolute Gasteiger partial charge is 0.338 e. The SMILES string of the molecule is COC(=O)c1ccccc1[C@H](N)C(C)(C)CO. The summed E-state index contributed by atoms with van der Waals surface area (Å²) >= 11 is 0. The second kappa shape index (κ2) is 5.29. The van der Waals surface area contributed by atoms with Crippen LogP contribution in [0.2, 0.25) is 0 Å². The number of aliphatic hydroxyl groups excluding tert-OH is 1. The maximum atomic E-state index is 11.6. The molecule has 1 aromatic carbocycles. The van der Waals surface area contributed by atoms with E-state index in [9.17, 15) is 9.90 Å². The molecule has 94 valence electrons. The maximum Gasteiger partial charge on any atom is 0.338 e. The van der Waals surface area contributed by atoms with E-state index in [0.29, 0.717) is 11.1 Å². The third-order valence-electron chi connectivity index (χ3n) is 2.95. The van der Waals surface area contributed by atoms with E-state index >= 15 is 0 Å². The van der Waals surface area contributed by atoms with Gasteiger partial charge in [-0.2, -0.15) is 0 Å². The Balaban J connectivity index is 3.18. The van der Waals surface area contributed by atoms with Gasteiger partial charge in [0.1, 0.15) is 0 Å². The molecule has 1 atom stereocenters. The topological polar surface area (TPSA) is 72.5 Å². The molecule has 0 radical (unpaired) electrons. The highest BCUT2D eigenvalue weighted by atomic mass is 16.5. The second-order valence-electron chi connectivity index (χ2n) is 4.70. The minimum Gasteiger partial charge on any atom is -0.465 e. The van der Waals surface area contributed by atoms with Crippen LogP contribution in [0.5, 0.6) is 0 Å². The summed E-state index contributed by atoms with van der Waals surface area (Å²) in [4.78, 5) is 11.6. The van der Waals surface area contributed by atoms with Crippen LogP contribution < -0.4 is 5.73 Å². The van der Waals surface area contributed by atoms with Crippen molar-refractivity contribution in [1.29, 1.82) is 0 Å². The van der Waals surface area contributed by atoms with Gasteiger partial charge in [0.05, 0.1) is 12.7 Å². The van der Waals surface area contributed by atoms with Gasteiger partial charge in [-0.25, -0.2) is 4.79 Å². The van der Waals surface area contributed by atoms with Crippen molar-refractivity contribution in [2.45, 2.75) is 19.9 Å². The van der Waals surface area contributed by atoms with Crippen LogP contribution in [0.15, 0.2) is 24.3 Å². The first-order valence-corrected chi connectivity index (χ1v) is 5.47. The molecule has 0 spiro atoms. The average molecular weight is 237 g/mol. The quantitative estimate of drug-likeness (QED) is 0.778. The zero-order valence-electron chi connectivity index (χ0n) is 10.4. The lowest BCUT2D eigenvalue weighted by atomic mass is 9.80. The monoisotopic (exact) mass is 237 g/mol. The molecule has 0 fully saturated rings. The number of hydrogen-bond donors (Lipinski definition) is 2. The lowest BCUT2D eigenvalue weighted by Crippen LogP contribution is -2.33. The second-order valence-corrected chi connectivity index (χ2v) is 4.70. The Kier molecular flexibility index (Phi) is 4.26. The third kappa shape index (κ3) is 2.84. The van der Waals surface area contributed by atoms with Crippen molar-refractivity contribution in [3.8, 4) is 0 Å². The molecule has 0 aliphatic carbocycles. The average Bonchev–Trinajstić information content (AvgIpc) is 2.36. The molecule has 1 aromatic rings. The summed E-state index contributed by atoms with van der Waals surface area (Å²) in [6.07, 6.45) is 0. The third-order valence-corrected chi connectivity index (χ3v) is 2.95. The standard InChI is InChI=1S/C13H19NO3/c1-13(2,8-15)11(14)9-6-4-5-7-10(9)12(16)17-3/h4-7,11,15H,8,14H2,1-3H3/t11-/m0/s1. The fourth-order valence-corrected chi connectivity index (χ4v) is 1.58. The van der Waals surface area contributed by atoms with E-state index in [1.54, 1.807) is 18.2 Å². The largest absolute Gasteiger partial charge is 0.465 e. The molecule has 0 amide bonds. The molecule has 0 aromatic heterocycles. The van der Waals surface area contributed by atoms with Crippen LogP contribution in [0.4, 0.5) is 0 Å². The van der Waals surface area contributed by atoms with Crippen LogP contribution in [-0.4, -0.2) is 24.8 Å². The Morgan fingerprint density at radius 3 is 2.59 bits per heavy atom. The van der Waals surface area contributed by atoms with Gasteiger partial charge in [-0.05, 0) is 11.6 Å². The number of esters is 1. The van der Waals surface area contributed by atoms with Crippen LogP contribution in [0.25, 0.3) is 0 Å². The molecule has 0 saturated carbocycles. The van der Waals surface area contributed by atoms with Crippen molar-refractivity contribution in [3.05, 3.63) is 35.4 Å². The highest BCUT2D eigenvalue weighted by Crippen LogP contribution is 2.32. The summed E-state index contributed by atoms with van der Waals surface area (Å²) in [5.74, 6) is -0.412. The van der Waals surface area contributed by atoms with Crippen molar-refractivity contribution < 1.29 is 14.6 Å². The molecule has 0 saturated heterocycles. The van der Waals surface area contributed by atoms with Crippen molar-refractivity contribution >= 4 is 5.97 Å². The predicted molar refractivity (Wildman–Crippen MR) is 65.6 cm³/mol. The molecular formula is C13H19NO3. The van der Waals surface area contributed by atoms with Crippen LogP contribution in [0, 0.1) is 5.41 Å². The lowest BCUT2D eigenvalue weighted by molar-refractivity contribution is 0.0595. The van der Waals surface area contributed by atoms with Gasteiger partial charge in [-0.3, -0.25) is 0 Å². The number of aliphatic hydroxyl groups is 1. The first-order valence-electron chi connectivity index (χ1n) is 5.47. The van der Waals surface area contributed by atoms with Crippen LogP contribution in [-0.2, 0) is 4.74 Å². The normalized spacial score (nSPS) is 13.2. The van der Waals surface area contributed by atoms with Gasteiger partial charge in [0.15, 0.2) is 0 Å². The van der Waals surface area contributed by atoms with Gasteiger partial charge < -0.3 is 15.6 Å². The highest BCUT2D eigenvalue weighted by Gasteiger charge is 2.29. The van der Waals surface area contributed by atoms with E-state index in [2.05, 4.69) is 0 Å². The zero-order chi connectivity index (χ0) is 13.1. The molecule has 0 heterocycles. The maximum absolute atomic E-state index is 11.6. The Morgan fingerprint density at radius 2 is 2.06 bits per heavy atom. The summed E-state index contributed by atoms with van der Waals surface area (Å²) in [5, 5.41) is 9.32. The van der Waals surface area contributed by atoms with Crippen LogP contribution in [0.1, 0.15) is 35.8 Å². The number of hydrogen-bond acceptors (Lipinski definition) is 4. The van der Waals surface area contributed by atoms with Crippen molar-refractivity contribution in [2.24, 2.45) is 11.1 Å². The van der Waals surface area contributed by atoms with Gasteiger partial charge >= 0.3 is 5.97 Å².